The van der Waals surface area contributed by atoms with Crippen LogP contribution in [-0.4, -0.2) is 13.0 Å². The molecule has 0 heterocycles. The molecular weight excluding hydrogens is 222 g/mol. The van der Waals surface area contributed by atoms with E-state index >= 15 is 0 Å². The minimum Gasteiger partial charge on any atom is -0.359 e. The van der Waals surface area contributed by atoms with Crippen LogP contribution in [0.1, 0.15) is 84.5 Å². The minimum absolute atomic E-state index is 0.805. The first-order chi connectivity index (χ1) is 8.85. The van der Waals surface area contributed by atoms with E-state index in [0.29, 0.717) is 0 Å². The van der Waals surface area contributed by atoms with Gasteiger partial charge in [0.1, 0.15) is 0 Å². The normalized spacial score (nSPS) is 12.3. The number of hydrogen-bond acceptors (Lipinski definition) is 1. The molecule has 2 heteroatoms. The summed E-state index contributed by atoms with van der Waals surface area (Å²) in [6.45, 7) is 5.40. The lowest BCUT2D eigenvalue weighted by molar-refractivity contribution is -0.109. The van der Waals surface area contributed by atoms with Crippen LogP contribution in [0.4, 0.5) is 0 Å². The van der Waals surface area contributed by atoms with Gasteiger partial charge in [0.15, 0.2) is 0 Å². The van der Waals surface area contributed by atoms with Crippen LogP contribution < -0.4 is 5.32 Å². The van der Waals surface area contributed by atoms with Gasteiger partial charge in [-0.25, -0.2) is 0 Å². The Balaban J connectivity index is 3.59. The number of unbranched alkanes of at least 4 members (excludes halogenated alkanes) is 5. The molecule has 108 valence electrons. The molecule has 1 amide bonds. The van der Waals surface area contributed by atoms with Crippen LogP contribution in [0.3, 0.4) is 0 Å². The molecule has 1 N–H and O–H groups in total. The lowest BCUT2D eigenvalue weighted by Gasteiger charge is -2.16. The number of amides is 1. The largest absolute Gasteiger partial charge is 0.359 e. The molecule has 1 unspecified atom stereocenters. The maximum atomic E-state index is 10.1. The lowest BCUT2D eigenvalue weighted by atomic mass is 9.90. The van der Waals surface area contributed by atoms with E-state index in [9.17, 15) is 4.79 Å². The Labute approximate surface area is 114 Å². The van der Waals surface area contributed by atoms with Gasteiger partial charge in [0, 0.05) is 6.54 Å². The van der Waals surface area contributed by atoms with E-state index < -0.39 is 0 Å². The molecule has 0 aromatic rings. The highest BCUT2D eigenvalue weighted by molar-refractivity contribution is 5.45. The van der Waals surface area contributed by atoms with Crippen LogP contribution in [-0.2, 0) is 4.79 Å². The fourth-order valence-electron chi connectivity index (χ4n) is 2.50. The molecule has 0 aromatic heterocycles. The van der Waals surface area contributed by atoms with E-state index in [1.54, 1.807) is 0 Å². The molecule has 0 saturated carbocycles. The molecule has 0 fully saturated rings. The average Bonchev–Trinajstić information content (AvgIpc) is 2.39. The van der Waals surface area contributed by atoms with E-state index in [1.807, 2.05) is 0 Å². The zero-order chi connectivity index (χ0) is 13.5. The highest BCUT2D eigenvalue weighted by Crippen LogP contribution is 2.22. The van der Waals surface area contributed by atoms with Crippen molar-refractivity contribution in [2.24, 2.45) is 5.92 Å². The van der Waals surface area contributed by atoms with Gasteiger partial charge in [0.05, 0.1) is 0 Å². The number of hydrogen-bond donors (Lipinski definition) is 1. The summed E-state index contributed by atoms with van der Waals surface area (Å²) in [5.41, 5.74) is 0. The quantitative estimate of drug-likeness (QED) is 0.354. The molecule has 0 aromatic carbocycles. The molecule has 0 bridgehead atoms. The molecule has 1 atom stereocenters. The molecule has 0 saturated heterocycles. The van der Waals surface area contributed by atoms with Gasteiger partial charge in [-0.1, -0.05) is 78.1 Å². The molecule has 0 aliphatic carbocycles. The van der Waals surface area contributed by atoms with Crippen LogP contribution >= 0.6 is 0 Å². The lowest BCUT2D eigenvalue weighted by Crippen LogP contribution is -2.12. The summed E-state index contributed by atoms with van der Waals surface area (Å²) in [5, 5.41) is 2.74. The standard InChI is InChI=1S/C16H33NO/c1-3-5-7-8-12-16(11-6-4-2)13-9-10-14-17-15-18/h15-16H,3-14H2,1-2H3,(H,17,18). The predicted octanol–water partition coefficient (Wildman–Crippen LogP) is 4.68. The van der Waals surface area contributed by atoms with Crippen molar-refractivity contribution in [2.45, 2.75) is 84.5 Å². The Morgan fingerprint density at radius 3 is 2.06 bits per heavy atom. The van der Waals surface area contributed by atoms with E-state index in [2.05, 4.69) is 19.2 Å². The molecule has 0 rings (SSSR count). The summed E-state index contributed by atoms with van der Waals surface area (Å²) in [5.74, 6) is 0.929. The highest BCUT2D eigenvalue weighted by Gasteiger charge is 2.07. The topological polar surface area (TPSA) is 29.1 Å². The number of rotatable bonds is 14. The van der Waals surface area contributed by atoms with Crippen molar-refractivity contribution in [3.8, 4) is 0 Å². The SMILES string of the molecule is CCCCCCC(CCCC)CCCCNC=O. The second-order valence-electron chi connectivity index (χ2n) is 5.43. The first-order valence-electron chi connectivity index (χ1n) is 8.02. The predicted molar refractivity (Wildman–Crippen MR) is 79.7 cm³/mol. The molecular formula is C16H33NO. The molecule has 18 heavy (non-hydrogen) atoms. The summed E-state index contributed by atoms with van der Waals surface area (Å²) < 4.78 is 0. The van der Waals surface area contributed by atoms with Gasteiger partial charge in [0.2, 0.25) is 6.41 Å². The first-order valence-corrected chi connectivity index (χ1v) is 8.02. The van der Waals surface area contributed by atoms with Crippen LogP contribution in [0.25, 0.3) is 0 Å². The van der Waals surface area contributed by atoms with Crippen molar-refractivity contribution in [1.82, 2.24) is 5.32 Å². The average molecular weight is 255 g/mol. The summed E-state index contributed by atoms with van der Waals surface area (Å²) in [6.07, 6.45) is 15.6. The Hall–Kier alpha value is -0.530. The Morgan fingerprint density at radius 2 is 1.44 bits per heavy atom. The number of carbonyl (C=O) groups excluding carboxylic acids is 1. The molecule has 0 aliphatic rings. The van der Waals surface area contributed by atoms with Gasteiger partial charge >= 0.3 is 0 Å². The summed E-state index contributed by atoms with van der Waals surface area (Å²) >= 11 is 0. The van der Waals surface area contributed by atoms with Crippen molar-refractivity contribution >= 4 is 6.41 Å². The third kappa shape index (κ3) is 11.9. The summed E-state index contributed by atoms with van der Waals surface area (Å²) in [4.78, 5) is 10.1. The van der Waals surface area contributed by atoms with E-state index in [4.69, 9.17) is 0 Å². The molecule has 0 spiro atoms. The number of nitrogens with one attached hydrogen (secondary N) is 1. The summed E-state index contributed by atoms with van der Waals surface area (Å²) in [6, 6.07) is 0. The minimum atomic E-state index is 0.805. The van der Waals surface area contributed by atoms with Crippen molar-refractivity contribution in [3.63, 3.8) is 0 Å². The van der Waals surface area contributed by atoms with Gasteiger partial charge < -0.3 is 5.32 Å². The van der Waals surface area contributed by atoms with Gasteiger partial charge in [0.25, 0.3) is 0 Å². The Bertz CT molecular complexity index is 170. The van der Waals surface area contributed by atoms with Gasteiger partial charge in [-0.05, 0) is 12.3 Å². The van der Waals surface area contributed by atoms with E-state index in [0.717, 1.165) is 25.3 Å². The third-order valence-corrected chi connectivity index (χ3v) is 3.70. The van der Waals surface area contributed by atoms with Crippen molar-refractivity contribution in [2.75, 3.05) is 6.54 Å². The first kappa shape index (κ1) is 17.5. The van der Waals surface area contributed by atoms with Crippen LogP contribution in [0.5, 0.6) is 0 Å². The fraction of sp³-hybridized carbons (Fsp3) is 0.938. The highest BCUT2D eigenvalue weighted by atomic mass is 16.1. The van der Waals surface area contributed by atoms with Crippen molar-refractivity contribution in [1.29, 1.82) is 0 Å². The van der Waals surface area contributed by atoms with Crippen LogP contribution in [0.15, 0.2) is 0 Å². The smallest absolute Gasteiger partial charge is 0.207 e. The van der Waals surface area contributed by atoms with Gasteiger partial charge in [-0.2, -0.15) is 0 Å². The Morgan fingerprint density at radius 1 is 0.833 bits per heavy atom. The fourth-order valence-corrected chi connectivity index (χ4v) is 2.50. The summed E-state index contributed by atoms with van der Waals surface area (Å²) in [7, 11) is 0. The maximum Gasteiger partial charge on any atom is 0.207 e. The van der Waals surface area contributed by atoms with Crippen molar-refractivity contribution in [3.05, 3.63) is 0 Å². The van der Waals surface area contributed by atoms with Crippen molar-refractivity contribution < 1.29 is 4.79 Å². The van der Waals surface area contributed by atoms with E-state index in [-0.39, 0.29) is 0 Å². The monoisotopic (exact) mass is 255 g/mol. The van der Waals surface area contributed by atoms with E-state index in [1.165, 1.54) is 64.2 Å². The second kappa shape index (κ2) is 14.5. The third-order valence-electron chi connectivity index (χ3n) is 3.70. The zero-order valence-electron chi connectivity index (χ0n) is 12.5. The van der Waals surface area contributed by atoms with Crippen LogP contribution in [0, 0.1) is 5.92 Å². The van der Waals surface area contributed by atoms with Crippen LogP contribution in [0.2, 0.25) is 0 Å². The molecule has 0 radical (unpaired) electrons. The van der Waals surface area contributed by atoms with Gasteiger partial charge in [-0.15, -0.1) is 0 Å². The maximum absolute atomic E-state index is 10.1. The number of carbonyl (C=O) groups is 1. The molecule has 2 nitrogen and oxygen atoms in total. The zero-order valence-corrected chi connectivity index (χ0v) is 12.5. The molecule has 0 aliphatic heterocycles. The van der Waals surface area contributed by atoms with Gasteiger partial charge in [-0.3, -0.25) is 4.79 Å². The second-order valence-corrected chi connectivity index (χ2v) is 5.43. The Kier molecular flexibility index (Phi) is 14.1.